The molecule has 0 unspecified atom stereocenters. The molecule has 1 nitrogen and oxygen atoms in total. The van der Waals surface area contributed by atoms with Gasteiger partial charge in [-0.05, 0) is 159 Å². The number of hydrogen-bond acceptors (Lipinski definition) is 1. The molecule has 1 aromatic heterocycles. The maximum Gasteiger partial charge on any atom is 0.0786 e. The van der Waals surface area contributed by atoms with Gasteiger partial charge in [-0.2, -0.15) is 0 Å². The predicted molar refractivity (Wildman–Crippen MR) is 280 cm³/mol. The summed E-state index contributed by atoms with van der Waals surface area (Å²) in [6, 6.07) is 90.0. The van der Waals surface area contributed by atoms with Crippen molar-refractivity contribution in [3.05, 3.63) is 271 Å². The Labute approximate surface area is 390 Å². The van der Waals surface area contributed by atoms with Gasteiger partial charge in [0.25, 0.3) is 0 Å². The summed E-state index contributed by atoms with van der Waals surface area (Å²) in [5.74, 6) is 0. The SMILES string of the molecule is c1cc(-c2cccc(-c3cccc(-c4ccc5c(c4)c4ccccc4c4ncccc54)c3)c2)cc(-c2cccc(-c3ccc4c(c3)-c3ccccc3C43c4ccccc4-c4ccccc43)c2)c1. The normalized spacial score (nSPS) is 12.9. The quantitative estimate of drug-likeness (QED) is 0.157. The van der Waals surface area contributed by atoms with Crippen LogP contribution in [0.1, 0.15) is 22.3 Å². The van der Waals surface area contributed by atoms with Crippen molar-refractivity contribution >= 4 is 32.4 Å². The molecule has 67 heavy (non-hydrogen) atoms. The van der Waals surface area contributed by atoms with Gasteiger partial charge in [0.1, 0.15) is 0 Å². The molecule has 0 fully saturated rings. The van der Waals surface area contributed by atoms with E-state index in [9.17, 15) is 0 Å². The number of benzene rings is 11. The molecule has 2 aliphatic rings. The third-order valence-corrected chi connectivity index (χ3v) is 14.7. The molecule has 11 aromatic carbocycles. The standard InChI is InChI=1S/C66H41N/c1-2-26-57-52(22-1)59-40-50(31-33-53(59)58-27-13-35-67-65(57)58)48-20-11-18-46(38-48)44-16-9-14-42(36-44)43-15-10-17-45(37-43)47-19-12-21-49(39-47)51-32-34-64-60(41-51)56-25-5-8-30-63(56)66(64)61-28-6-3-23-54(61)55-24-4-7-29-62(55)66/h1-41H. The zero-order valence-electron chi connectivity index (χ0n) is 36.6. The van der Waals surface area contributed by atoms with Crippen LogP contribution in [0.2, 0.25) is 0 Å². The van der Waals surface area contributed by atoms with Crippen LogP contribution in [0.15, 0.2) is 249 Å². The molecule has 1 heteroatoms. The molecule has 2 aliphatic carbocycles. The molecule has 0 saturated carbocycles. The molecule has 0 bridgehead atoms. The Morgan fingerprint density at radius 3 is 1.09 bits per heavy atom. The lowest BCUT2D eigenvalue weighted by molar-refractivity contribution is 0.794. The van der Waals surface area contributed by atoms with Gasteiger partial charge in [-0.1, -0.05) is 200 Å². The molecule has 0 radical (unpaired) electrons. The summed E-state index contributed by atoms with van der Waals surface area (Å²) in [7, 11) is 0. The zero-order chi connectivity index (χ0) is 44.1. The van der Waals surface area contributed by atoms with Gasteiger partial charge in [0.05, 0.1) is 10.9 Å². The average molecular weight is 848 g/mol. The largest absolute Gasteiger partial charge is 0.256 e. The second-order valence-electron chi connectivity index (χ2n) is 18.2. The minimum absolute atomic E-state index is 0.332. The van der Waals surface area contributed by atoms with Crippen LogP contribution in [0.4, 0.5) is 0 Å². The van der Waals surface area contributed by atoms with E-state index in [0.29, 0.717) is 0 Å². The van der Waals surface area contributed by atoms with Crippen molar-refractivity contribution < 1.29 is 0 Å². The first-order valence-corrected chi connectivity index (χ1v) is 23.3. The third kappa shape index (κ3) is 5.65. The second-order valence-corrected chi connectivity index (χ2v) is 18.2. The van der Waals surface area contributed by atoms with Gasteiger partial charge in [0.15, 0.2) is 0 Å². The van der Waals surface area contributed by atoms with Crippen molar-refractivity contribution in [2.24, 2.45) is 0 Å². The van der Waals surface area contributed by atoms with Crippen LogP contribution in [0, 0.1) is 0 Å². The van der Waals surface area contributed by atoms with Crippen LogP contribution in [0.3, 0.4) is 0 Å². The van der Waals surface area contributed by atoms with Crippen molar-refractivity contribution in [3.63, 3.8) is 0 Å². The van der Waals surface area contributed by atoms with Crippen LogP contribution in [-0.4, -0.2) is 4.98 Å². The topological polar surface area (TPSA) is 12.9 Å². The first-order valence-electron chi connectivity index (χ1n) is 23.3. The predicted octanol–water partition coefficient (Wildman–Crippen LogP) is 17.2. The van der Waals surface area contributed by atoms with E-state index < -0.39 is 0 Å². The molecule has 0 aliphatic heterocycles. The average Bonchev–Trinajstić information content (AvgIpc) is 3.88. The molecule has 14 rings (SSSR count). The van der Waals surface area contributed by atoms with Gasteiger partial charge in [-0.25, -0.2) is 0 Å². The monoisotopic (exact) mass is 847 g/mol. The van der Waals surface area contributed by atoms with Gasteiger partial charge < -0.3 is 0 Å². The Kier molecular flexibility index (Phi) is 8.26. The Hall–Kier alpha value is -8.65. The van der Waals surface area contributed by atoms with Crippen molar-refractivity contribution in [1.29, 1.82) is 0 Å². The van der Waals surface area contributed by atoms with E-state index in [1.165, 1.54) is 127 Å². The third-order valence-electron chi connectivity index (χ3n) is 14.7. The summed E-state index contributed by atoms with van der Waals surface area (Å²) in [5.41, 5.74) is 23.5. The van der Waals surface area contributed by atoms with Gasteiger partial charge in [-0.3, -0.25) is 4.98 Å². The molecule has 0 amide bonds. The molecule has 0 N–H and O–H groups in total. The fourth-order valence-electron chi connectivity index (χ4n) is 11.7. The molecule has 0 atom stereocenters. The summed E-state index contributed by atoms with van der Waals surface area (Å²) in [6.07, 6.45) is 1.89. The highest BCUT2D eigenvalue weighted by Gasteiger charge is 2.51. The van der Waals surface area contributed by atoms with E-state index >= 15 is 0 Å². The van der Waals surface area contributed by atoms with Gasteiger partial charge in [0.2, 0.25) is 0 Å². The first-order chi connectivity index (χ1) is 33.2. The maximum atomic E-state index is 4.78. The molecule has 12 aromatic rings. The van der Waals surface area contributed by atoms with E-state index in [4.69, 9.17) is 4.98 Å². The number of fused-ring (bicyclic) bond motifs is 16. The summed E-state index contributed by atoms with van der Waals surface area (Å²) in [4.78, 5) is 4.78. The zero-order valence-corrected chi connectivity index (χ0v) is 36.6. The smallest absolute Gasteiger partial charge is 0.0786 e. The molecular weight excluding hydrogens is 807 g/mol. The molecular formula is C66H41N. The molecule has 1 heterocycles. The number of rotatable bonds is 5. The number of aromatic nitrogens is 1. The minimum atomic E-state index is -0.332. The molecule has 1 spiro atoms. The first kappa shape index (κ1) is 37.7. The van der Waals surface area contributed by atoms with Gasteiger partial charge >= 0.3 is 0 Å². The van der Waals surface area contributed by atoms with E-state index in [1.807, 2.05) is 12.3 Å². The fraction of sp³-hybridized carbons (Fsp3) is 0.0152. The van der Waals surface area contributed by atoms with Crippen LogP contribution in [-0.2, 0) is 5.41 Å². The molecule has 0 saturated heterocycles. The van der Waals surface area contributed by atoms with Gasteiger partial charge in [-0.15, -0.1) is 0 Å². The summed E-state index contributed by atoms with van der Waals surface area (Å²) in [6.45, 7) is 0. The maximum absolute atomic E-state index is 4.78. The van der Waals surface area contributed by atoms with E-state index in [2.05, 4.69) is 237 Å². The minimum Gasteiger partial charge on any atom is -0.256 e. The highest BCUT2D eigenvalue weighted by molar-refractivity contribution is 6.24. The molecule has 310 valence electrons. The highest BCUT2D eigenvalue weighted by atomic mass is 14.6. The Morgan fingerprint density at radius 2 is 0.582 bits per heavy atom. The number of hydrogen-bond donors (Lipinski definition) is 0. The lowest BCUT2D eigenvalue weighted by Gasteiger charge is -2.30. The van der Waals surface area contributed by atoms with Crippen LogP contribution in [0.5, 0.6) is 0 Å². The van der Waals surface area contributed by atoms with Crippen molar-refractivity contribution in [2.75, 3.05) is 0 Å². The Morgan fingerprint density at radius 1 is 0.224 bits per heavy atom. The Bertz CT molecular complexity index is 3920. The van der Waals surface area contributed by atoms with Crippen molar-refractivity contribution in [1.82, 2.24) is 4.98 Å². The highest BCUT2D eigenvalue weighted by Crippen LogP contribution is 2.63. The summed E-state index contributed by atoms with van der Waals surface area (Å²) < 4.78 is 0. The lowest BCUT2D eigenvalue weighted by Crippen LogP contribution is -2.25. The number of pyridine rings is 1. The van der Waals surface area contributed by atoms with Crippen LogP contribution < -0.4 is 0 Å². The van der Waals surface area contributed by atoms with E-state index in [-0.39, 0.29) is 5.41 Å². The van der Waals surface area contributed by atoms with Crippen molar-refractivity contribution in [3.8, 4) is 77.9 Å². The van der Waals surface area contributed by atoms with Crippen LogP contribution >= 0.6 is 0 Å². The van der Waals surface area contributed by atoms with Crippen LogP contribution in [0.25, 0.3) is 110 Å². The lowest BCUT2D eigenvalue weighted by atomic mass is 9.70. The fourth-order valence-corrected chi connectivity index (χ4v) is 11.7. The summed E-state index contributed by atoms with van der Waals surface area (Å²) >= 11 is 0. The van der Waals surface area contributed by atoms with Gasteiger partial charge in [0, 0.05) is 17.0 Å². The van der Waals surface area contributed by atoms with E-state index in [1.54, 1.807) is 0 Å². The second kappa shape index (κ2) is 14.7. The van der Waals surface area contributed by atoms with Crippen molar-refractivity contribution in [2.45, 2.75) is 5.41 Å². The Balaban J connectivity index is 0.796. The number of nitrogens with zero attached hydrogens (tertiary/aromatic N) is 1. The summed E-state index contributed by atoms with van der Waals surface area (Å²) in [5, 5.41) is 6.08. The van der Waals surface area contributed by atoms with E-state index in [0.717, 1.165) is 5.52 Å².